The lowest BCUT2D eigenvalue weighted by atomic mass is 9.73. The lowest BCUT2D eigenvalue weighted by molar-refractivity contribution is -0.136. The molecule has 0 saturated heterocycles. The molecule has 4 nitrogen and oxygen atoms in total. The van der Waals surface area contributed by atoms with Crippen LogP contribution in [0.1, 0.15) is 12.8 Å². The Hall–Kier alpha value is -1.06. The number of primary amides is 2. The molecule has 0 bridgehead atoms. The summed E-state index contributed by atoms with van der Waals surface area (Å²) < 4.78 is 0. The number of rotatable bonds is 2. The molecule has 56 valence electrons. The lowest BCUT2D eigenvalue weighted by Crippen LogP contribution is -2.44. The number of amides is 2. The van der Waals surface area contributed by atoms with Gasteiger partial charge in [0.15, 0.2) is 0 Å². The zero-order chi connectivity index (χ0) is 7.72. The molecule has 1 aliphatic rings. The monoisotopic (exact) mass is 142 g/mol. The molecule has 2 amide bonds. The smallest absolute Gasteiger partial charge is 0.221 e. The Morgan fingerprint density at radius 3 is 1.40 bits per heavy atom. The summed E-state index contributed by atoms with van der Waals surface area (Å²) in [5, 5.41) is 0. The van der Waals surface area contributed by atoms with Crippen molar-refractivity contribution >= 4 is 11.8 Å². The van der Waals surface area contributed by atoms with Crippen LogP contribution in [0.25, 0.3) is 0 Å². The summed E-state index contributed by atoms with van der Waals surface area (Å²) in [4.78, 5) is 21.0. The van der Waals surface area contributed by atoms with E-state index >= 15 is 0 Å². The number of hydrogen-bond acceptors (Lipinski definition) is 2. The van der Waals surface area contributed by atoms with Gasteiger partial charge >= 0.3 is 0 Å². The van der Waals surface area contributed by atoms with Crippen LogP contribution in [-0.4, -0.2) is 11.8 Å². The molecule has 4 heteroatoms. The first-order valence-electron chi connectivity index (χ1n) is 3.21. The molecular formula is C6H10N2O2. The highest BCUT2D eigenvalue weighted by atomic mass is 16.2. The third-order valence-corrected chi connectivity index (χ3v) is 2.01. The first-order valence-corrected chi connectivity index (χ1v) is 3.21. The van der Waals surface area contributed by atoms with Crippen LogP contribution < -0.4 is 11.5 Å². The Balaban J connectivity index is 2.51. The van der Waals surface area contributed by atoms with Gasteiger partial charge in [-0.3, -0.25) is 9.59 Å². The number of carbonyl (C=O) groups is 2. The van der Waals surface area contributed by atoms with E-state index in [0.29, 0.717) is 12.8 Å². The van der Waals surface area contributed by atoms with E-state index in [-0.39, 0.29) is 11.8 Å². The van der Waals surface area contributed by atoms with Crippen molar-refractivity contribution in [1.82, 2.24) is 0 Å². The molecule has 0 unspecified atom stereocenters. The third-order valence-electron chi connectivity index (χ3n) is 2.01. The fourth-order valence-corrected chi connectivity index (χ4v) is 1.18. The van der Waals surface area contributed by atoms with Gasteiger partial charge in [0.05, 0.1) is 0 Å². The predicted molar refractivity (Wildman–Crippen MR) is 34.6 cm³/mol. The first-order chi connectivity index (χ1) is 4.63. The number of carbonyl (C=O) groups excluding carboxylic acids is 2. The van der Waals surface area contributed by atoms with E-state index in [0.717, 1.165) is 0 Å². The van der Waals surface area contributed by atoms with Gasteiger partial charge in [-0.1, -0.05) is 0 Å². The van der Waals surface area contributed by atoms with Gasteiger partial charge in [-0.15, -0.1) is 0 Å². The molecule has 0 aromatic rings. The van der Waals surface area contributed by atoms with Crippen molar-refractivity contribution < 1.29 is 9.59 Å². The van der Waals surface area contributed by atoms with Crippen molar-refractivity contribution in [2.75, 3.05) is 0 Å². The lowest BCUT2D eigenvalue weighted by Gasteiger charge is -2.31. The Morgan fingerprint density at radius 1 is 1.00 bits per heavy atom. The molecule has 0 aliphatic heterocycles. The maximum absolute atomic E-state index is 10.5. The molecule has 1 aliphatic carbocycles. The Morgan fingerprint density at radius 2 is 1.30 bits per heavy atom. The van der Waals surface area contributed by atoms with Gasteiger partial charge in [0.25, 0.3) is 0 Å². The number of hydrogen-bond donors (Lipinski definition) is 2. The molecule has 0 radical (unpaired) electrons. The molecule has 1 rings (SSSR count). The molecule has 10 heavy (non-hydrogen) atoms. The van der Waals surface area contributed by atoms with Crippen LogP contribution in [0.4, 0.5) is 0 Å². The van der Waals surface area contributed by atoms with E-state index < -0.39 is 11.8 Å². The Labute approximate surface area is 58.6 Å². The summed E-state index contributed by atoms with van der Waals surface area (Å²) in [6.07, 6.45) is 1.42. The standard InChI is InChI=1S/C6H10N2O2/c7-5(9)3-1-2-4(3)6(8)10/h3-4H,1-2H2,(H2,7,9)(H2,8,10)/t3-,4+. The molecule has 0 heterocycles. The van der Waals surface area contributed by atoms with Crippen LogP contribution in [0.2, 0.25) is 0 Å². The van der Waals surface area contributed by atoms with Crippen LogP contribution >= 0.6 is 0 Å². The average Bonchev–Trinajstić information content (AvgIpc) is 1.56. The van der Waals surface area contributed by atoms with Crippen molar-refractivity contribution in [2.45, 2.75) is 12.8 Å². The van der Waals surface area contributed by atoms with Gasteiger partial charge in [0.1, 0.15) is 0 Å². The fraction of sp³-hybridized carbons (Fsp3) is 0.667. The second-order valence-electron chi connectivity index (χ2n) is 2.60. The summed E-state index contributed by atoms with van der Waals surface area (Å²) in [7, 11) is 0. The van der Waals surface area contributed by atoms with Crippen molar-refractivity contribution in [3.63, 3.8) is 0 Å². The van der Waals surface area contributed by atoms with Gasteiger partial charge in [-0.05, 0) is 12.8 Å². The van der Waals surface area contributed by atoms with E-state index in [1.54, 1.807) is 0 Å². The third kappa shape index (κ3) is 0.964. The predicted octanol–water partition coefficient (Wildman–Crippen LogP) is -1.02. The topological polar surface area (TPSA) is 86.2 Å². The highest BCUT2D eigenvalue weighted by Crippen LogP contribution is 2.33. The Kier molecular flexibility index (Phi) is 1.61. The zero-order valence-electron chi connectivity index (χ0n) is 5.54. The van der Waals surface area contributed by atoms with Crippen LogP contribution in [0.15, 0.2) is 0 Å². The molecule has 2 atom stereocenters. The Bertz CT molecular complexity index is 159. The SMILES string of the molecule is NC(=O)[C@H]1CC[C@H]1C(N)=O. The maximum Gasteiger partial charge on any atom is 0.221 e. The summed E-state index contributed by atoms with van der Waals surface area (Å²) in [6.45, 7) is 0. The van der Waals surface area contributed by atoms with E-state index in [1.165, 1.54) is 0 Å². The van der Waals surface area contributed by atoms with Gasteiger partial charge < -0.3 is 11.5 Å². The molecule has 4 N–H and O–H groups in total. The zero-order valence-corrected chi connectivity index (χ0v) is 5.54. The molecule has 1 fully saturated rings. The fourth-order valence-electron chi connectivity index (χ4n) is 1.18. The second kappa shape index (κ2) is 2.28. The number of nitrogens with two attached hydrogens (primary N) is 2. The quantitative estimate of drug-likeness (QED) is 0.517. The largest absolute Gasteiger partial charge is 0.369 e. The summed E-state index contributed by atoms with van der Waals surface area (Å²) in [5.74, 6) is -1.40. The summed E-state index contributed by atoms with van der Waals surface area (Å²) in [6, 6.07) is 0. The molecular weight excluding hydrogens is 132 g/mol. The van der Waals surface area contributed by atoms with E-state index in [2.05, 4.69) is 0 Å². The van der Waals surface area contributed by atoms with Crippen LogP contribution in [-0.2, 0) is 9.59 Å². The van der Waals surface area contributed by atoms with Gasteiger partial charge in [-0.2, -0.15) is 0 Å². The first kappa shape index (κ1) is 7.05. The molecule has 0 aromatic heterocycles. The second-order valence-corrected chi connectivity index (χ2v) is 2.60. The summed E-state index contributed by atoms with van der Waals surface area (Å²) >= 11 is 0. The van der Waals surface area contributed by atoms with Gasteiger partial charge in [-0.25, -0.2) is 0 Å². The summed E-state index contributed by atoms with van der Waals surface area (Å²) in [5.41, 5.74) is 9.96. The van der Waals surface area contributed by atoms with Gasteiger partial charge in [0.2, 0.25) is 11.8 Å². The molecule has 1 saturated carbocycles. The maximum atomic E-state index is 10.5. The van der Waals surface area contributed by atoms with E-state index in [1.807, 2.05) is 0 Å². The highest BCUT2D eigenvalue weighted by Gasteiger charge is 2.38. The van der Waals surface area contributed by atoms with Crippen LogP contribution in [0, 0.1) is 11.8 Å². The van der Waals surface area contributed by atoms with Crippen molar-refractivity contribution in [2.24, 2.45) is 23.3 Å². The van der Waals surface area contributed by atoms with E-state index in [9.17, 15) is 9.59 Å². The highest BCUT2D eigenvalue weighted by molar-refractivity contribution is 5.87. The van der Waals surface area contributed by atoms with Gasteiger partial charge in [0, 0.05) is 11.8 Å². The minimum Gasteiger partial charge on any atom is -0.369 e. The van der Waals surface area contributed by atoms with Crippen molar-refractivity contribution in [1.29, 1.82) is 0 Å². The van der Waals surface area contributed by atoms with Crippen LogP contribution in [0.3, 0.4) is 0 Å². The van der Waals surface area contributed by atoms with Crippen molar-refractivity contribution in [3.05, 3.63) is 0 Å². The van der Waals surface area contributed by atoms with Crippen molar-refractivity contribution in [3.8, 4) is 0 Å². The average molecular weight is 142 g/mol. The normalized spacial score (nSPS) is 30.8. The molecule has 0 aromatic carbocycles. The molecule has 0 spiro atoms. The van der Waals surface area contributed by atoms with Crippen LogP contribution in [0.5, 0.6) is 0 Å². The minimum absolute atomic E-state index is 0.294. The minimum atomic E-state index is -0.407. The van der Waals surface area contributed by atoms with E-state index in [4.69, 9.17) is 11.5 Å².